The molecule has 0 spiro atoms. The van der Waals surface area contributed by atoms with Gasteiger partial charge in [-0.15, -0.1) is 0 Å². The standard InChI is InChI=1S/C22H26N2O3/c1-22(2,3)21(27)24-11-10-16(14-24)12-15-4-9-19(23-13-15)17-5-7-18(8-6-17)20(25)26/h4-9,13,16H,10-12,14H2,1-3H3,(H,25,26). The van der Waals surface area contributed by atoms with Gasteiger partial charge in [-0.1, -0.05) is 39.0 Å². The number of hydrogen-bond donors (Lipinski definition) is 1. The molecule has 2 heterocycles. The number of carboxylic acids is 1. The average molecular weight is 366 g/mol. The fourth-order valence-corrected chi connectivity index (χ4v) is 3.49. The lowest BCUT2D eigenvalue weighted by Gasteiger charge is -2.25. The Balaban J connectivity index is 1.61. The SMILES string of the molecule is CC(C)(C)C(=O)N1CCC(Cc2ccc(-c3ccc(C(=O)O)cc3)nc2)C1. The van der Waals surface area contributed by atoms with Crippen molar-refractivity contribution < 1.29 is 14.7 Å². The summed E-state index contributed by atoms with van der Waals surface area (Å²) in [7, 11) is 0. The third-order valence-corrected chi connectivity index (χ3v) is 4.99. The summed E-state index contributed by atoms with van der Waals surface area (Å²) < 4.78 is 0. The summed E-state index contributed by atoms with van der Waals surface area (Å²) in [5.41, 5.74) is 2.83. The second-order valence-electron chi connectivity index (χ2n) is 8.29. The second kappa shape index (κ2) is 7.51. The largest absolute Gasteiger partial charge is 0.478 e. The van der Waals surface area contributed by atoms with Crippen molar-refractivity contribution in [3.63, 3.8) is 0 Å². The van der Waals surface area contributed by atoms with Gasteiger partial charge in [-0.3, -0.25) is 9.78 Å². The van der Waals surface area contributed by atoms with E-state index >= 15 is 0 Å². The zero-order valence-corrected chi connectivity index (χ0v) is 16.1. The number of aromatic carboxylic acids is 1. The molecule has 1 amide bonds. The summed E-state index contributed by atoms with van der Waals surface area (Å²) in [6, 6.07) is 10.8. The van der Waals surface area contributed by atoms with E-state index in [2.05, 4.69) is 11.1 Å². The molecule has 0 aliphatic carbocycles. The van der Waals surface area contributed by atoms with Crippen molar-refractivity contribution in [3.8, 4) is 11.3 Å². The molecule has 1 atom stereocenters. The molecule has 0 bridgehead atoms. The fourth-order valence-electron chi connectivity index (χ4n) is 3.49. The average Bonchev–Trinajstić information content (AvgIpc) is 3.09. The zero-order chi connectivity index (χ0) is 19.6. The van der Waals surface area contributed by atoms with Crippen LogP contribution in [0, 0.1) is 11.3 Å². The van der Waals surface area contributed by atoms with Crippen molar-refractivity contribution in [2.24, 2.45) is 11.3 Å². The number of carbonyl (C=O) groups excluding carboxylic acids is 1. The lowest BCUT2D eigenvalue weighted by Crippen LogP contribution is -2.38. The zero-order valence-electron chi connectivity index (χ0n) is 16.1. The highest BCUT2D eigenvalue weighted by Crippen LogP contribution is 2.26. The molecular formula is C22H26N2O3. The minimum Gasteiger partial charge on any atom is -0.478 e. The topological polar surface area (TPSA) is 70.5 Å². The van der Waals surface area contributed by atoms with E-state index in [1.54, 1.807) is 24.3 Å². The van der Waals surface area contributed by atoms with Crippen molar-refractivity contribution in [1.29, 1.82) is 0 Å². The number of nitrogens with zero attached hydrogens (tertiary/aromatic N) is 2. The van der Waals surface area contributed by atoms with Crippen LogP contribution in [-0.4, -0.2) is 40.0 Å². The van der Waals surface area contributed by atoms with E-state index in [-0.39, 0.29) is 16.9 Å². The number of hydrogen-bond acceptors (Lipinski definition) is 3. The number of benzene rings is 1. The summed E-state index contributed by atoms with van der Waals surface area (Å²) in [6.45, 7) is 7.55. The van der Waals surface area contributed by atoms with Crippen LogP contribution in [0.3, 0.4) is 0 Å². The van der Waals surface area contributed by atoms with Crippen molar-refractivity contribution >= 4 is 11.9 Å². The van der Waals surface area contributed by atoms with Gasteiger partial charge in [0, 0.05) is 30.3 Å². The number of carbonyl (C=O) groups is 2. The van der Waals surface area contributed by atoms with Crippen LogP contribution in [0.15, 0.2) is 42.6 Å². The quantitative estimate of drug-likeness (QED) is 0.891. The molecule has 1 fully saturated rings. The maximum Gasteiger partial charge on any atom is 0.335 e. The van der Waals surface area contributed by atoms with Crippen molar-refractivity contribution in [1.82, 2.24) is 9.88 Å². The predicted octanol–water partition coefficient (Wildman–Crippen LogP) is 3.88. The van der Waals surface area contributed by atoms with E-state index in [9.17, 15) is 9.59 Å². The van der Waals surface area contributed by atoms with E-state index in [0.29, 0.717) is 5.92 Å². The predicted molar refractivity (Wildman–Crippen MR) is 104 cm³/mol. The first-order chi connectivity index (χ1) is 12.7. The number of pyridine rings is 1. The van der Waals surface area contributed by atoms with Crippen molar-refractivity contribution in [3.05, 3.63) is 53.7 Å². The summed E-state index contributed by atoms with van der Waals surface area (Å²) in [4.78, 5) is 29.9. The van der Waals surface area contributed by atoms with Gasteiger partial charge in [-0.25, -0.2) is 4.79 Å². The molecule has 1 saturated heterocycles. The number of carboxylic acid groups (broad SMARTS) is 1. The molecular weight excluding hydrogens is 340 g/mol. The van der Waals surface area contributed by atoms with Crippen LogP contribution in [0.5, 0.6) is 0 Å². The number of likely N-dealkylation sites (tertiary alicyclic amines) is 1. The Labute approximate surface area is 160 Å². The second-order valence-corrected chi connectivity index (χ2v) is 8.29. The summed E-state index contributed by atoms with van der Waals surface area (Å²) >= 11 is 0. The molecule has 1 unspecified atom stereocenters. The molecule has 1 N–H and O–H groups in total. The number of amides is 1. The number of aromatic nitrogens is 1. The third-order valence-electron chi connectivity index (χ3n) is 4.99. The smallest absolute Gasteiger partial charge is 0.335 e. The van der Waals surface area contributed by atoms with Crippen LogP contribution >= 0.6 is 0 Å². The van der Waals surface area contributed by atoms with Crippen molar-refractivity contribution in [2.75, 3.05) is 13.1 Å². The van der Waals surface area contributed by atoms with Gasteiger partial charge in [0.05, 0.1) is 11.3 Å². The maximum atomic E-state index is 12.4. The lowest BCUT2D eigenvalue weighted by atomic mass is 9.95. The molecule has 0 saturated carbocycles. The van der Waals surface area contributed by atoms with Crippen LogP contribution < -0.4 is 0 Å². The summed E-state index contributed by atoms with van der Waals surface area (Å²) in [5, 5.41) is 8.98. The normalized spacial score (nSPS) is 17.1. The molecule has 5 heteroatoms. The van der Waals surface area contributed by atoms with Crippen LogP contribution in [-0.2, 0) is 11.2 Å². The Kier molecular flexibility index (Phi) is 5.31. The van der Waals surface area contributed by atoms with E-state index in [1.165, 1.54) is 0 Å². The molecule has 2 aromatic rings. The lowest BCUT2D eigenvalue weighted by molar-refractivity contribution is -0.138. The highest BCUT2D eigenvalue weighted by molar-refractivity contribution is 5.88. The van der Waals surface area contributed by atoms with E-state index < -0.39 is 5.97 Å². The molecule has 3 rings (SSSR count). The molecule has 1 aromatic carbocycles. The Morgan fingerprint density at radius 2 is 1.85 bits per heavy atom. The minimum absolute atomic E-state index is 0.225. The van der Waals surface area contributed by atoms with E-state index in [0.717, 1.165) is 42.8 Å². The third kappa shape index (κ3) is 4.54. The first kappa shape index (κ1) is 19.1. The molecule has 1 aliphatic heterocycles. The van der Waals surface area contributed by atoms with Gasteiger partial charge in [0.25, 0.3) is 0 Å². The summed E-state index contributed by atoms with van der Waals surface area (Å²) in [5.74, 6) is -0.234. The monoisotopic (exact) mass is 366 g/mol. The van der Waals surface area contributed by atoms with Gasteiger partial charge >= 0.3 is 5.97 Å². The Morgan fingerprint density at radius 3 is 2.41 bits per heavy atom. The highest BCUT2D eigenvalue weighted by atomic mass is 16.4. The number of rotatable bonds is 4. The first-order valence-electron chi connectivity index (χ1n) is 9.32. The highest BCUT2D eigenvalue weighted by Gasteiger charge is 2.32. The van der Waals surface area contributed by atoms with Gasteiger partial charge in [-0.05, 0) is 42.5 Å². The fraction of sp³-hybridized carbons (Fsp3) is 0.409. The van der Waals surface area contributed by atoms with Crippen LogP contribution in [0.4, 0.5) is 0 Å². The molecule has 27 heavy (non-hydrogen) atoms. The molecule has 0 radical (unpaired) electrons. The van der Waals surface area contributed by atoms with Gasteiger partial charge in [-0.2, -0.15) is 0 Å². The first-order valence-corrected chi connectivity index (χ1v) is 9.32. The van der Waals surface area contributed by atoms with Crippen LogP contribution in [0.25, 0.3) is 11.3 Å². The van der Waals surface area contributed by atoms with Crippen LogP contribution in [0.1, 0.15) is 43.1 Å². The molecule has 5 nitrogen and oxygen atoms in total. The van der Waals surface area contributed by atoms with Gasteiger partial charge in [0.1, 0.15) is 0 Å². The Morgan fingerprint density at radius 1 is 1.15 bits per heavy atom. The van der Waals surface area contributed by atoms with E-state index in [1.807, 2.05) is 37.9 Å². The van der Waals surface area contributed by atoms with Crippen LogP contribution in [0.2, 0.25) is 0 Å². The van der Waals surface area contributed by atoms with Gasteiger partial charge in [0.2, 0.25) is 5.91 Å². The summed E-state index contributed by atoms with van der Waals surface area (Å²) in [6.07, 6.45) is 3.83. The Hall–Kier alpha value is -2.69. The van der Waals surface area contributed by atoms with E-state index in [4.69, 9.17) is 5.11 Å². The molecule has 1 aromatic heterocycles. The van der Waals surface area contributed by atoms with Gasteiger partial charge in [0.15, 0.2) is 0 Å². The Bertz CT molecular complexity index is 820. The minimum atomic E-state index is -0.930. The maximum absolute atomic E-state index is 12.4. The molecule has 1 aliphatic rings. The van der Waals surface area contributed by atoms with Gasteiger partial charge < -0.3 is 10.0 Å². The molecule has 142 valence electrons. The van der Waals surface area contributed by atoms with Crippen molar-refractivity contribution in [2.45, 2.75) is 33.6 Å².